The van der Waals surface area contributed by atoms with E-state index >= 15 is 0 Å². The van der Waals surface area contributed by atoms with Gasteiger partial charge in [-0.2, -0.15) is 5.10 Å². The molecule has 5 heteroatoms. The Bertz CT molecular complexity index is 571. The van der Waals surface area contributed by atoms with E-state index < -0.39 is 0 Å². The molecule has 1 aromatic carbocycles. The molecule has 2 aromatic rings. The first-order chi connectivity index (χ1) is 10.4. The minimum absolute atomic E-state index is 0. The van der Waals surface area contributed by atoms with Gasteiger partial charge in [0.05, 0.1) is 18.5 Å². The lowest BCUT2D eigenvalue weighted by Gasteiger charge is -2.23. The topological polar surface area (TPSA) is 50.1 Å². The highest BCUT2D eigenvalue weighted by atomic mass is 35.5. The van der Waals surface area contributed by atoms with Gasteiger partial charge in [-0.25, -0.2) is 4.68 Å². The number of rotatable bonds is 6. The van der Waals surface area contributed by atoms with E-state index in [4.69, 9.17) is 5.11 Å². The highest BCUT2D eigenvalue weighted by Crippen LogP contribution is 2.34. The second-order valence-corrected chi connectivity index (χ2v) is 5.65. The number of halogens is 1. The fourth-order valence-electron chi connectivity index (χ4n) is 3.22. The number of hydrogen-bond acceptors (Lipinski definition) is 3. The van der Waals surface area contributed by atoms with Gasteiger partial charge >= 0.3 is 0 Å². The number of nitrogens with one attached hydrogen (secondary N) is 1. The molecule has 0 amide bonds. The Kier molecular flexibility index (Phi) is 6.43. The third-order valence-corrected chi connectivity index (χ3v) is 4.27. The van der Waals surface area contributed by atoms with Crippen molar-refractivity contribution in [1.29, 1.82) is 0 Å². The molecule has 0 aliphatic heterocycles. The van der Waals surface area contributed by atoms with Gasteiger partial charge in [0.25, 0.3) is 0 Å². The number of nitrogens with zero attached hydrogens (tertiary/aromatic N) is 2. The summed E-state index contributed by atoms with van der Waals surface area (Å²) in [5.41, 5.74) is 3.94. The summed E-state index contributed by atoms with van der Waals surface area (Å²) in [4.78, 5) is 0. The van der Waals surface area contributed by atoms with Crippen LogP contribution in [0.25, 0.3) is 5.69 Å². The van der Waals surface area contributed by atoms with E-state index in [9.17, 15) is 0 Å². The molecule has 0 radical (unpaired) electrons. The minimum atomic E-state index is 0. The number of aliphatic hydroxyl groups is 1. The molecule has 22 heavy (non-hydrogen) atoms. The largest absolute Gasteiger partial charge is 0.395 e. The summed E-state index contributed by atoms with van der Waals surface area (Å²) in [6.45, 7) is 1.85. The zero-order chi connectivity index (χ0) is 14.5. The molecule has 2 N–H and O–H groups in total. The van der Waals surface area contributed by atoms with E-state index in [1.165, 1.54) is 24.1 Å². The Morgan fingerprint density at radius 1 is 1.23 bits per heavy atom. The number of fused-ring (bicyclic) bond motifs is 1. The molecule has 0 saturated carbocycles. The number of benzene rings is 1. The van der Waals surface area contributed by atoms with Crippen molar-refractivity contribution in [2.24, 2.45) is 0 Å². The van der Waals surface area contributed by atoms with Crippen LogP contribution in [-0.4, -0.2) is 34.6 Å². The van der Waals surface area contributed by atoms with Crippen LogP contribution in [0.4, 0.5) is 0 Å². The molecule has 0 unspecified atom stereocenters. The third-order valence-electron chi connectivity index (χ3n) is 4.27. The minimum Gasteiger partial charge on any atom is -0.395 e. The number of hydrogen-bond donors (Lipinski definition) is 2. The molecular formula is C17H24ClN3O. The number of aliphatic hydroxyl groups excluding tert-OH is 1. The van der Waals surface area contributed by atoms with Gasteiger partial charge in [0.1, 0.15) is 0 Å². The molecule has 1 aromatic heterocycles. The fourth-order valence-corrected chi connectivity index (χ4v) is 3.22. The molecular weight excluding hydrogens is 298 g/mol. The first kappa shape index (κ1) is 17.0. The SMILES string of the molecule is Cl.OCCNCC[C@@H]1CCCc2c1cnn2-c1ccccc1. The third kappa shape index (κ3) is 3.69. The van der Waals surface area contributed by atoms with Crippen LogP contribution >= 0.6 is 12.4 Å². The lowest BCUT2D eigenvalue weighted by Crippen LogP contribution is -2.22. The lowest BCUT2D eigenvalue weighted by atomic mass is 9.85. The lowest BCUT2D eigenvalue weighted by molar-refractivity contribution is 0.291. The maximum Gasteiger partial charge on any atom is 0.0648 e. The van der Waals surface area contributed by atoms with Crippen molar-refractivity contribution >= 4 is 12.4 Å². The predicted octanol–water partition coefficient (Wildman–Crippen LogP) is 2.69. The fraction of sp³-hybridized carbons (Fsp3) is 0.471. The van der Waals surface area contributed by atoms with Crippen molar-refractivity contribution in [3.05, 3.63) is 47.8 Å². The van der Waals surface area contributed by atoms with Gasteiger partial charge in [-0.1, -0.05) is 18.2 Å². The van der Waals surface area contributed by atoms with Crippen molar-refractivity contribution in [3.8, 4) is 5.69 Å². The Hall–Kier alpha value is -1.36. The molecule has 1 heterocycles. The Morgan fingerprint density at radius 3 is 2.82 bits per heavy atom. The zero-order valence-electron chi connectivity index (χ0n) is 12.7. The summed E-state index contributed by atoms with van der Waals surface area (Å²) in [5, 5.41) is 16.7. The molecule has 1 aliphatic carbocycles. The predicted molar refractivity (Wildman–Crippen MR) is 91.1 cm³/mol. The van der Waals surface area contributed by atoms with Crippen LogP contribution in [-0.2, 0) is 6.42 Å². The Balaban J connectivity index is 0.00000176. The highest BCUT2D eigenvalue weighted by Gasteiger charge is 2.24. The van der Waals surface area contributed by atoms with Crippen LogP contribution in [0.5, 0.6) is 0 Å². The maximum atomic E-state index is 8.81. The van der Waals surface area contributed by atoms with E-state index in [2.05, 4.69) is 45.6 Å². The van der Waals surface area contributed by atoms with E-state index in [-0.39, 0.29) is 19.0 Å². The Morgan fingerprint density at radius 2 is 2.05 bits per heavy atom. The number of para-hydroxylation sites is 1. The van der Waals surface area contributed by atoms with Crippen LogP contribution in [0.15, 0.2) is 36.5 Å². The van der Waals surface area contributed by atoms with Crippen LogP contribution in [0.3, 0.4) is 0 Å². The van der Waals surface area contributed by atoms with E-state index in [0.717, 1.165) is 25.1 Å². The summed E-state index contributed by atoms with van der Waals surface area (Å²) < 4.78 is 2.10. The van der Waals surface area contributed by atoms with Gasteiger partial charge in [-0.15, -0.1) is 12.4 Å². The smallest absolute Gasteiger partial charge is 0.0648 e. The standard InChI is InChI=1S/C17H23N3O.ClH/c21-12-11-18-10-9-14-5-4-8-17-16(14)13-19-20(17)15-6-2-1-3-7-15;/h1-3,6-7,13-14,18,21H,4-5,8-12H2;1H/t14-;/m0./s1. The van der Waals surface area contributed by atoms with Gasteiger partial charge < -0.3 is 10.4 Å². The molecule has 0 bridgehead atoms. The van der Waals surface area contributed by atoms with Gasteiger partial charge in [0, 0.05) is 12.2 Å². The zero-order valence-corrected chi connectivity index (χ0v) is 13.6. The van der Waals surface area contributed by atoms with E-state index in [0.29, 0.717) is 12.5 Å². The summed E-state index contributed by atoms with van der Waals surface area (Å²) in [6, 6.07) is 10.4. The van der Waals surface area contributed by atoms with Crippen LogP contribution in [0.1, 0.15) is 36.4 Å². The van der Waals surface area contributed by atoms with Gasteiger partial charge in [0.15, 0.2) is 0 Å². The van der Waals surface area contributed by atoms with E-state index in [1.54, 1.807) is 0 Å². The molecule has 1 aliphatic rings. The van der Waals surface area contributed by atoms with Crippen LogP contribution in [0.2, 0.25) is 0 Å². The molecule has 1 atom stereocenters. The van der Waals surface area contributed by atoms with Crippen molar-refractivity contribution in [3.63, 3.8) is 0 Å². The quantitative estimate of drug-likeness (QED) is 0.804. The molecule has 3 rings (SSSR count). The maximum absolute atomic E-state index is 8.81. The van der Waals surface area contributed by atoms with Crippen LogP contribution < -0.4 is 5.32 Å². The van der Waals surface area contributed by atoms with Crippen molar-refractivity contribution < 1.29 is 5.11 Å². The monoisotopic (exact) mass is 321 g/mol. The summed E-state index contributed by atoms with van der Waals surface area (Å²) in [6.07, 6.45) is 6.76. The number of aromatic nitrogens is 2. The molecule has 0 fully saturated rings. The van der Waals surface area contributed by atoms with Crippen molar-refractivity contribution in [1.82, 2.24) is 15.1 Å². The molecule has 4 nitrogen and oxygen atoms in total. The van der Waals surface area contributed by atoms with Gasteiger partial charge in [0.2, 0.25) is 0 Å². The van der Waals surface area contributed by atoms with Gasteiger partial charge in [-0.05, 0) is 55.8 Å². The average Bonchev–Trinajstić information content (AvgIpc) is 2.97. The summed E-state index contributed by atoms with van der Waals surface area (Å²) in [5.74, 6) is 0.595. The van der Waals surface area contributed by atoms with Crippen molar-refractivity contribution in [2.45, 2.75) is 31.6 Å². The van der Waals surface area contributed by atoms with E-state index in [1.807, 2.05) is 6.07 Å². The second kappa shape index (κ2) is 8.32. The summed E-state index contributed by atoms with van der Waals surface area (Å²) >= 11 is 0. The van der Waals surface area contributed by atoms with Crippen molar-refractivity contribution in [2.75, 3.05) is 19.7 Å². The van der Waals surface area contributed by atoms with Crippen LogP contribution in [0, 0.1) is 0 Å². The normalized spacial score (nSPS) is 16.9. The first-order valence-corrected chi connectivity index (χ1v) is 7.84. The second-order valence-electron chi connectivity index (χ2n) is 5.65. The molecule has 0 saturated heterocycles. The average molecular weight is 322 g/mol. The van der Waals surface area contributed by atoms with Gasteiger partial charge in [-0.3, -0.25) is 0 Å². The molecule has 120 valence electrons. The summed E-state index contributed by atoms with van der Waals surface area (Å²) in [7, 11) is 0. The molecule has 0 spiro atoms. The Labute approximate surface area is 138 Å². The highest BCUT2D eigenvalue weighted by molar-refractivity contribution is 5.85. The first-order valence-electron chi connectivity index (χ1n) is 7.84.